The van der Waals surface area contributed by atoms with Crippen LogP contribution in [0.25, 0.3) is 0 Å². The number of carbonyl (C=O) groups is 3. The maximum absolute atomic E-state index is 12.9. The van der Waals surface area contributed by atoms with Crippen molar-refractivity contribution in [2.24, 2.45) is 5.73 Å². The third-order valence-electron chi connectivity index (χ3n) is 4.74. The molecule has 3 atom stereocenters. The van der Waals surface area contributed by atoms with Gasteiger partial charge in [0, 0.05) is 6.54 Å². The van der Waals surface area contributed by atoms with Gasteiger partial charge >= 0.3 is 19.6 Å². The lowest BCUT2D eigenvalue weighted by Crippen LogP contribution is -2.58. The van der Waals surface area contributed by atoms with Crippen LogP contribution < -0.4 is 21.7 Å². The summed E-state index contributed by atoms with van der Waals surface area (Å²) in [5.41, 5.74) is 5.83. The molecular formula is C19H30N7O9P. The molecule has 8 N–H and O–H groups in total. The summed E-state index contributed by atoms with van der Waals surface area (Å²) >= 11 is 0. The summed E-state index contributed by atoms with van der Waals surface area (Å²) in [6, 6.07) is 5.30. The van der Waals surface area contributed by atoms with Gasteiger partial charge in [0.15, 0.2) is 17.0 Å². The number of nitrogens with two attached hydrogens (primary N) is 1. The average molecular weight is 531 g/mol. The van der Waals surface area contributed by atoms with Crippen LogP contribution in [0.4, 0.5) is 4.79 Å². The number of nitrogens with one attached hydrogen (secondary N) is 4. The van der Waals surface area contributed by atoms with E-state index in [1.165, 1.54) is 0 Å². The number of alkyl carbamates (subject to hydrolysis) is 1. The number of amides is 3. The Hall–Kier alpha value is -3.75. The molecule has 0 aromatic heterocycles. The second-order valence-corrected chi connectivity index (χ2v) is 9.57. The highest BCUT2D eigenvalue weighted by Crippen LogP contribution is 2.39. The molecule has 0 heterocycles. The lowest BCUT2D eigenvalue weighted by molar-refractivity contribution is -0.640. The number of hydrogen-bond donors (Lipinski definition) is 7. The van der Waals surface area contributed by atoms with Gasteiger partial charge in [0.05, 0.1) is 0 Å². The van der Waals surface area contributed by atoms with Gasteiger partial charge in [0.1, 0.15) is 18.4 Å². The molecule has 1 aromatic rings. The molecule has 0 fully saturated rings. The van der Waals surface area contributed by atoms with Crippen LogP contribution in [0, 0.1) is 15.5 Å². The van der Waals surface area contributed by atoms with Gasteiger partial charge in [-0.05, 0) is 37.3 Å². The van der Waals surface area contributed by atoms with Crippen molar-refractivity contribution in [1.29, 1.82) is 5.41 Å². The molecule has 0 unspecified atom stereocenters. The quantitative estimate of drug-likeness (QED) is 0.0430. The maximum atomic E-state index is 12.9. The summed E-state index contributed by atoms with van der Waals surface area (Å²) in [5.74, 6) is -4.55. The summed E-state index contributed by atoms with van der Waals surface area (Å²) in [4.78, 5) is 67.9. The van der Waals surface area contributed by atoms with Gasteiger partial charge in [-0.3, -0.25) is 19.6 Å². The molecule has 16 nitrogen and oxygen atoms in total. The Morgan fingerprint density at radius 3 is 2.36 bits per heavy atom. The van der Waals surface area contributed by atoms with Crippen molar-refractivity contribution >= 4 is 31.5 Å². The smallest absolute Gasteiger partial charge is 0.408 e. The van der Waals surface area contributed by atoms with Gasteiger partial charge < -0.3 is 36.2 Å². The Balaban J connectivity index is 2.99. The van der Waals surface area contributed by atoms with E-state index >= 15 is 0 Å². The van der Waals surface area contributed by atoms with Crippen LogP contribution in [0.5, 0.6) is 0 Å². The zero-order chi connectivity index (χ0) is 27.5. The number of hydrazine groups is 1. The van der Waals surface area contributed by atoms with Crippen LogP contribution in [0.1, 0.15) is 32.3 Å². The van der Waals surface area contributed by atoms with Crippen molar-refractivity contribution in [2.75, 3.05) is 6.54 Å². The predicted octanol–water partition coefficient (Wildman–Crippen LogP) is -0.407. The van der Waals surface area contributed by atoms with E-state index in [-0.39, 0.29) is 37.0 Å². The van der Waals surface area contributed by atoms with Crippen molar-refractivity contribution in [3.8, 4) is 0 Å². The molecule has 0 aliphatic heterocycles. The third kappa shape index (κ3) is 10.2. The van der Waals surface area contributed by atoms with E-state index in [9.17, 15) is 38.8 Å². The minimum Gasteiger partial charge on any atom is -0.445 e. The molecule has 36 heavy (non-hydrogen) atoms. The fourth-order valence-electron chi connectivity index (χ4n) is 2.82. The third-order valence-corrected chi connectivity index (χ3v) is 5.88. The van der Waals surface area contributed by atoms with Crippen LogP contribution in [0.3, 0.4) is 0 Å². The Morgan fingerprint density at radius 2 is 1.83 bits per heavy atom. The minimum atomic E-state index is -4.78. The molecular weight excluding hydrogens is 501 g/mol. The number of carbonyl (C=O) groups excluding carboxylic acids is 3. The number of ether oxygens (including phenoxy) is 1. The SMILES string of the molecule is C[C@H](NC(=O)OCc1ccccc1)C(=O)N([C@@H](CCCNC(=N)N)C(=O)N[C@@H](C)P(=O)(O)O)[N+](=O)[O-]. The first kappa shape index (κ1) is 30.3. The molecule has 17 heteroatoms. The van der Waals surface area contributed by atoms with Gasteiger partial charge in [0.2, 0.25) is 5.91 Å². The first-order chi connectivity index (χ1) is 16.7. The lowest BCUT2D eigenvalue weighted by atomic mass is 10.1. The van der Waals surface area contributed by atoms with Gasteiger partial charge in [0.25, 0.3) is 0 Å². The van der Waals surface area contributed by atoms with Crippen molar-refractivity contribution in [1.82, 2.24) is 21.0 Å². The van der Waals surface area contributed by atoms with Crippen LogP contribution in [-0.4, -0.2) is 68.1 Å². The van der Waals surface area contributed by atoms with E-state index in [0.717, 1.165) is 13.8 Å². The topological polar surface area (TPSA) is 250 Å². The fourth-order valence-corrected chi connectivity index (χ4v) is 3.11. The first-order valence-corrected chi connectivity index (χ1v) is 12.3. The standard InChI is InChI=1S/C19H30N7O9P/c1-12(23-19(29)35-11-14-7-4-3-5-8-14)17(28)25(26(30)31)15(9-6-10-22-18(20)21)16(27)24-13(2)36(32,33)34/h3-5,7-8,12-13,15H,6,9-11H2,1-2H3,(H,23,29)(H,24,27)(H4,20,21,22)(H2,32,33,34)/t12-,13+,15-/m0/s1. The normalized spacial score (nSPS) is 13.4. The largest absolute Gasteiger partial charge is 0.445 e. The minimum absolute atomic E-state index is 0.0144. The van der Waals surface area contributed by atoms with Crippen molar-refractivity contribution in [3.05, 3.63) is 46.0 Å². The van der Waals surface area contributed by atoms with Gasteiger partial charge in [-0.15, -0.1) is 0 Å². The van der Waals surface area contributed by atoms with E-state index in [2.05, 4.69) is 10.6 Å². The van der Waals surface area contributed by atoms with Crippen LogP contribution in [-0.2, 0) is 25.5 Å². The highest BCUT2D eigenvalue weighted by atomic mass is 31.2. The number of rotatable bonds is 13. The Bertz CT molecular complexity index is 989. The average Bonchev–Trinajstić information content (AvgIpc) is 2.78. The molecule has 0 aliphatic rings. The van der Waals surface area contributed by atoms with Crippen molar-refractivity contribution in [2.45, 2.75) is 51.2 Å². The Morgan fingerprint density at radius 1 is 1.22 bits per heavy atom. The molecule has 3 amide bonds. The second kappa shape index (κ2) is 14.0. The zero-order valence-electron chi connectivity index (χ0n) is 19.6. The van der Waals surface area contributed by atoms with E-state index in [1.807, 2.05) is 5.32 Å². The van der Waals surface area contributed by atoms with Crippen molar-refractivity contribution in [3.63, 3.8) is 0 Å². The summed E-state index contributed by atoms with van der Waals surface area (Å²) in [5, 5.41) is 24.3. The van der Waals surface area contributed by atoms with Crippen LogP contribution in [0.2, 0.25) is 0 Å². The van der Waals surface area contributed by atoms with E-state index in [4.69, 9.17) is 15.9 Å². The zero-order valence-corrected chi connectivity index (χ0v) is 20.5. The molecule has 1 rings (SSSR count). The predicted molar refractivity (Wildman–Crippen MR) is 126 cm³/mol. The number of hydrogen-bond acceptors (Lipinski definition) is 8. The molecule has 0 bridgehead atoms. The fraction of sp³-hybridized carbons (Fsp3) is 0.474. The molecule has 1 aromatic carbocycles. The molecule has 0 aliphatic carbocycles. The number of benzene rings is 1. The maximum Gasteiger partial charge on any atom is 0.408 e. The highest BCUT2D eigenvalue weighted by Gasteiger charge is 2.42. The van der Waals surface area contributed by atoms with E-state index < -0.39 is 48.4 Å². The number of guanidine groups is 1. The van der Waals surface area contributed by atoms with Gasteiger partial charge in [-0.25, -0.2) is 14.9 Å². The monoisotopic (exact) mass is 531 g/mol. The van der Waals surface area contributed by atoms with Crippen LogP contribution in [0.15, 0.2) is 30.3 Å². The Labute approximate surface area is 206 Å². The summed E-state index contributed by atoms with van der Waals surface area (Å²) < 4.78 is 16.4. The summed E-state index contributed by atoms with van der Waals surface area (Å²) in [6.45, 7) is 2.04. The van der Waals surface area contributed by atoms with E-state index in [0.29, 0.717) is 5.56 Å². The number of nitro groups is 1. The molecule has 0 spiro atoms. The summed E-state index contributed by atoms with van der Waals surface area (Å²) in [7, 11) is -4.78. The van der Waals surface area contributed by atoms with Crippen LogP contribution >= 0.6 is 7.60 Å². The first-order valence-electron chi connectivity index (χ1n) is 10.6. The molecule has 200 valence electrons. The second-order valence-electron chi connectivity index (χ2n) is 7.62. The summed E-state index contributed by atoms with van der Waals surface area (Å²) in [6.07, 6.45) is -1.36. The van der Waals surface area contributed by atoms with Gasteiger partial charge in [-0.2, -0.15) is 0 Å². The highest BCUT2D eigenvalue weighted by molar-refractivity contribution is 7.52. The lowest BCUT2D eigenvalue weighted by Gasteiger charge is -2.26. The number of nitrogens with zero attached hydrogens (tertiary/aromatic N) is 2. The van der Waals surface area contributed by atoms with Crippen molar-refractivity contribution < 1.29 is 38.5 Å². The Kier molecular flexibility index (Phi) is 11.7. The molecule has 0 saturated heterocycles. The molecule has 0 radical (unpaired) electrons. The van der Waals surface area contributed by atoms with Gasteiger partial charge in [-0.1, -0.05) is 30.3 Å². The van der Waals surface area contributed by atoms with E-state index in [1.54, 1.807) is 30.3 Å². The molecule has 0 saturated carbocycles.